The molecule has 0 unspecified atom stereocenters. The van der Waals surface area contributed by atoms with Crippen LogP contribution >= 0.6 is 0 Å². The van der Waals surface area contributed by atoms with Gasteiger partial charge in [-0.1, -0.05) is 0 Å². The normalized spacial score (nSPS) is 12.1. The lowest BCUT2D eigenvalue weighted by Crippen LogP contribution is -2.29. The quantitative estimate of drug-likeness (QED) is 0.619. The van der Waals surface area contributed by atoms with Crippen LogP contribution in [-0.4, -0.2) is 27.7 Å². The number of ether oxygens (including phenoxy) is 1. The Labute approximate surface area is 119 Å². The van der Waals surface area contributed by atoms with Crippen LogP contribution in [0.3, 0.4) is 0 Å². The van der Waals surface area contributed by atoms with Crippen molar-refractivity contribution in [3.63, 3.8) is 0 Å². The molecule has 0 heterocycles. The van der Waals surface area contributed by atoms with Gasteiger partial charge in [0.25, 0.3) is 0 Å². The van der Waals surface area contributed by atoms with Gasteiger partial charge in [-0.2, -0.15) is 0 Å². The smallest absolute Gasteiger partial charge is 0.241 e. The van der Waals surface area contributed by atoms with Crippen LogP contribution in [0.15, 0.2) is 11.0 Å². The highest BCUT2D eigenvalue weighted by atomic mass is 32.2. The van der Waals surface area contributed by atoms with Gasteiger partial charge in [-0.05, 0) is 44.9 Å². The number of nitrogen functional groups attached to an aromatic ring is 1. The fourth-order valence-electron chi connectivity index (χ4n) is 1.89. The number of rotatable bonds is 6. The fraction of sp³-hybridized carbons (Fsp3) is 0.538. The van der Waals surface area contributed by atoms with Gasteiger partial charge in [0, 0.05) is 6.54 Å². The van der Waals surface area contributed by atoms with E-state index >= 15 is 0 Å². The molecule has 0 amide bonds. The lowest BCUT2D eigenvalue weighted by atomic mass is 10.1. The second kappa shape index (κ2) is 6.51. The molecule has 0 spiro atoms. The third-order valence-corrected chi connectivity index (χ3v) is 4.57. The van der Waals surface area contributed by atoms with Crippen LogP contribution in [-0.2, 0) is 14.8 Å². The summed E-state index contributed by atoms with van der Waals surface area (Å²) in [6.07, 6.45) is 0.0319. The highest BCUT2D eigenvalue weighted by Gasteiger charge is 2.22. The molecule has 0 saturated heterocycles. The van der Waals surface area contributed by atoms with Gasteiger partial charge < -0.3 is 10.5 Å². The monoisotopic (exact) mass is 304 g/mol. The Kier molecular flexibility index (Phi) is 5.50. The summed E-state index contributed by atoms with van der Waals surface area (Å²) in [5.41, 5.74) is 5.95. The van der Waals surface area contributed by atoms with Crippen LogP contribution in [0.2, 0.25) is 0 Å². The molecule has 1 aromatic carbocycles. The molecule has 0 aromatic heterocycles. The molecule has 1 aromatic rings. The topological polar surface area (TPSA) is 81.4 Å². The minimum absolute atomic E-state index is 0.0287. The molecule has 114 valence electrons. The predicted molar refractivity (Wildman–Crippen MR) is 76.6 cm³/mol. The average Bonchev–Trinajstić information content (AvgIpc) is 2.31. The van der Waals surface area contributed by atoms with Crippen molar-refractivity contribution in [3.8, 4) is 0 Å². The Morgan fingerprint density at radius 1 is 1.40 bits per heavy atom. The predicted octanol–water partition coefficient (Wildman–Crippen LogP) is 1.73. The first kappa shape index (κ1) is 16.9. The summed E-state index contributed by atoms with van der Waals surface area (Å²) in [6.45, 7) is 7.18. The molecule has 1 rings (SSSR count). The number of nitrogens with two attached hydrogens (primary N) is 1. The molecule has 7 heteroatoms. The highest BCUT2D eigenvalue weighted by molar-refractivity contribution is 7.89. The summed E-state index contributed by atoms with van der Waals surface area (Å²) < 4.78 is 45.6. The molecule has 0 atom stereocenters. The second-order valence-corrected chi connectivity index (χ2v) is 6.56. The van der Waals surface area contributed by atoms with E-state index in [-0.39, 0.29) is 35.4 Å². The highest BCUT2D eigenvalue weighted by Crippen LogP contribution is 2.27. The zero-order chi connectivity index (χ0) is 15.5. The van der Waals surface area contributed by atoms with Crippen molar-refractivity contribution >= 4 is 15.7 Å². The number of hydrogen-bond donors (Lipinski definition) is 2. The maximum absolute atomic E-state index is 13.4. The SMILES string of the molecule is Cc1cc(F)c(N)c(C)c1S(=O)(=O)NCCOC(C)C. The second-order valence-electron chi connectivity index (χ2n) is 4.86. The molecule has 0 aliphatic heterocycles. The van der Waals surface area contributed by atoms with Gasteiger partial charge >= 0.3 is 0 Å². The number of benzene rings is 1. The van der Waals surface area contributed by atoms with E-state index in [1.165, 1.54) is 13.8 Å². The Morgan fingerprint density at radius 3 is 2.55 bits per heavy atom. The van der Waals surface area contributed by atoms with Crippen molar-refractivity contribution in [2.45, 2.75) is 38.7 Å². The van der Waals surface area contributed by atoms with Crippen LogP contribution in [0, 0.1) is 19.7 Å². The number of halogens is 1. The van der Waals surface area contributed by atoms with E-state index in [2.05, 4.69) is 4.72 Å². The summed E-state index contributed by atoms with van der Waals surface area (Å²) >= 11 is 0. The lowest BCUT2D eigenvalue weighted by Gasteiger charge is -2.15. The third-order valence-electron chi connectivity index (χ3n) is 2.82. The van der Waals surface area contributed by atoms with Crippen LogP contribution in [0.4, 0.5) is 10.1 Å². The van der Waals surface area contributed by atoms with Gasteiger partial charge in [-0.25, -0.2) is 17.5 Å². The summed E-state index contributed by atoms with van der Waals surface area (Å²) in [7, 11) is -3.74. The van der Waals surface area contributed by atoms with E-state index in [1.807, 2.05) is 13.8 Å². The van der Waals surface area contributed by atoms with Gasteiger partial charge in [0.2, 0.25) is 10.0 Å². The number of hydrogen-bond acceptors (Lipinski definition) is 4. The fourth-order valence-corrected chi connectivity index (χ4v) is 3.38. The molecular formula is C13H21FN2O3S. The average molecular weight is 304 g/mol. The van der Waals surface area contributed by atoms with E-state index in [0.29, 0.717) is 5.56 Å². The number of aryl methyl sites for hydroxylation is 1. The van der Waals surface area contributed by atoms with Crippen molar-refractivity contribution < 1.29 is 17.5 Å². The molecule has 20 heavy (non-hydrogen) atoms. The maximum Gasteiger partial charge on any atom is 0.241 e. The van der Waals surface area contributed by atoms with E-state index in [0.717, 1.165) is 6.07 Å². The lowest BCUT2D eigenvalue weighted by molar-refractivity contribution is 0.0834. The first-order valence-corrected chi connectivity index (χ1v) is 7.81. The van der Waals surface area contributed by atoms with E-state index in [1.54, 1.807) is 0 Å². The van der Waals surface area contributed by atoms with Crippen molar-refractivity contribution in [2.24, 2.45) is 0 Å². The maximum atomic E-state index is 13.4. The Balaban J connectivity index is 2.96. The van der Waals surface area contributed by atoms with Crippen LogP contribution in [0.5, 0.6) is 0 Å². The summed E-state index contributed by atoms with van der Waals surface area (Å²) in [5.74, 6) is -0.609. The Hall–Kier alpha value is -1.18. The number of anilines is 1. The van der Waals surface area contributed by atoms with Crippen LogP contribution in [0.1, 0.15) is 25.0 Å². The molecule has 0 aliphatic carbocycles. The first-order valence-electron chi connectivity index (χ1n) is 6.33. The van der Waals surface area contributed by atoms with Gasteiger partial charge in [0.1, 0.15) is 5.82 Å². The molecule has 0 aliphatic rings. The van der Waals surface area contributed by atoms with E-state index < -0.39 is 15.8 Å². The third kappa shape index (κ3) is 3.91. The molecule has 0 saturated carbocycles. The molecular weight excluding hydrogens is 283 g/mol. The molecule has 3 N–H and O–H groups in total. The van der Waals surface area contributed by atoms with Crippen LogP contribution < -0.4 is 10.5 Å². The van der Waals surface area contributed by atoms with Gasteiger partial charge in [-0.3, -0.25) is 0 Å². The first-order chi connectivity index (χ1) is 9.16. The minimum Gasteiger partial charge on any atom is -0.396 e. The van der Waals surface area contributed by atoms with E-state index in [4.69, 9.17) is 10.5 Å². The van der Waals surface area contributed by atoms with Crippen LogP contribution in [0.25, 0.3) is 0 Å². The number of nitrogens with one attached hydrogen (secondary N) is 1. The zero-order valence-electron chi connectivity index (χ0n) is 12.2. The molecule has 0 bridgehead atoms. The minimum atomic E-state index is -3.74. The molecule has 0 fully saturated rings. The Bertz CT molecular complexity index is 586. The van der Waals surface area contributed by atoms with Gasteiger partial charge in [-0.15, -0.1) is 0 Å². The summed E-state index contributed by atoms with van der Waals surface area (Å²) in [4.78, 5) is 0.0287. The van der Waals surface area contributed by atoms with Crippen molar-refractivity contribution in [1.29, 1.82) is 0 Å². The van der Waals surface area contributed by atoms with Crippen molar-refractivity contribution in [1.82, 2.24) is 4.72 Å². The molecule has 0 radical (unpaired) electrons. The number of sulfonamides is 1. The van der Waals surface area contributed by atoms with Gasteiger partial charge in [0.05, 0.1) is 23.3 Å². The van der Waals surface area contributed by atoms with Crippen molar-refractivity contribution in [2.75, 3.05) is 18.9 Å². The van der Waals surface area contributed by atoms with Gasteiger partial charge in [0.15, 0.2) is 0 Å². The molecule has 5 nitrogen and oxygen atoms in total. The van der Waals surface area contributed by atoms with E-state index in [9.17, 15) is 12.8 Å². The Morgan fingerprint density at radius 2 is 2.00 bits per heavy atom. The largest absolute Gasteiger partial charge is 0.396 e. The zero-order valence-corrected chi connectivity index (χ0v) is 13.0. The summed E-state index contributed by atoms with van der Waals surface area (Å²) in [6, 6.07) is 1.13. The van der Waals surface area contributed by atoms with Crippen molar-refractivity contribution in [3.05, 3.63) is 23.0 Å². The summed E-state index contributed by atoms with van der Waals surface area (Å²) in [5, 5.41) is 0. The standard InChI is InChI=1S/C13H21FN2O3S/c1-8(2)19-6-5-16-20(17,18)13-9(3)7-11(14)12(15)10(13)4/h7-8,16H,5-6,15H2,1-4H3.